The van der Waals surface area contributed by atoms with Crippen LogP contribution in [0.4, 0.5) is 10.5 Å². The van der Waals surface area contributed by atoms with Crippen LogP contribution >= 0.6 is 0 Å². The number of aliphatic hydroxyl groups is 1. The zero-order chi connectivity index (χ0) is 26.4. The first kappa shape index (κ1) is 26.2. The highest BCUT2D eigenvalue weighted by molar-refractivity contribution is 5.69. The first-order valence-corrected chi connectivity index (χ1v) is 12.2. The number of amides is 1. The number of hydrogen-bond donors (Lipinski definition) is 2. The standard InChI is InChI=1S/C27H33N5O5/c1-27(2,3)37-26(34)32-11-5-6-20(32)15-29-23-16-30-24(19-12-18(17-33)13-28-14-19)31-25(23)36-22-9-7-21(35-4)8-10-22/h7-10,12-14,16,20,29,33H,5-6,11,15,17H2,1-4H3/t20-/m0/s1. The van der Waals surface area contributed by atoms with Crippen LogP contribution in [0.5, 0.6) is 17.4 Å². The van der Waals surface area contributed by atoms with Gasteiger partial charge in [-0.2, -0.15) is 4.98 Å². The highest BCUT2D eigenvalue weighted by Crippen LogP contribution is 2.31. The predicted octanol–water partition coefficient (Wildman–Crippen LogP) is 4.64. The Morgan fingerprint density at radius 1 is 1.16 bits per heavy atom. The van der Waals surface area contributed by atoms with Gasteiger partial charge in [-0.05, 0) is 69.5 Å². The molecule has 1 aromatic carbocycles. The molecule has 2 N–H and O–H groups in total. The molecule has 3 heterocycles. The van der Waals surface area contributed by atoms with E-state index in [9.17, 15) is 9.90 Å². The van der Waals surface area contributed by atoms with E-state index in [2.05, 4.69) is 20.3 Å². The van der Waals surface area contributed by atoms with Crippen LogP contribution in [0, 0.1) is 0 Å². The van der Waals surface area contributed by atoms with E-state index in [0.717, 1.165) is 12.8 Å². The maximum Gasteiger partial charge on any atom is 0.410 e. The van der Waals surface area contributed by atoms with Gasteiger partial charge in [0.2, 0.25) is 5.88 Å². The lowest BCUT2D eigenvalue weighted by Crippen LogP contribution is -2.42. The molecule has 0 radical (unpaired) electrons. The third-order valence-electron chi connectivity index (χ3n) is 5.80. The number of carbonyl (C=O) groups excluding carboxylic acids is 1. The highest BCUT2D eigenvalue weighted by atomic mass is 16.6. The summed E-state index contributed by atoms with van der Waals surface area (Å²) in [5, 5.41) is 12.8. The molecule has 0 aliphatic carbocycles. The van der Waals surface area contributed by atoms with Crippen LogP contribution in [-0.4, -0.2) is 62.9 Å². The number of aromatic nitrogens is 3. The van der Waals surface area contributed by atoms with Crippen LogP contribution in [0.15, 0.2) is 48.9 Å². The van der Waals surface area contributed by atoms with Gasteiger partial charge < -0.3 is 29.5 Å². The lowest BCUT2D eigenvalue weighted by molar-refractivity contribution is 0.0235. The highest BCUT2D eigenvalue weighted by Gasteiger charge is 2.32. The Labute approximate surface area is 216 Å². The molecule has 2 aromatic heterocycles. The normalized spacial score (nSPS) is 15.4. The zero-order valence-corrected chi connectivity index (χ0v) is 21.6. The molecule has 0 saturated carbocycles. The fourth-order valence-corrected chi connectivity index (χ4v) is 3.99. The second-order valence-corrected chi connectivity index (χ2v) is 9.78. The van der Waals surface area contributed by atoms with Crippen LogP contribution < -0.4 is 14.8 Å². The van der Waals surface area contributed by atoms with E-state index in [1.54, 1.807) is 60.9 Å². The summed E-state index contributed by atoms with van der Waals surface area (Å²) in [5.41, 5.74) is 1.35. The molecule has 1 atom stereocenters. The van der Waals surface area contributed by atoms with Crippen molar-refractivity contribution < 1.29 is 24.1 Å². The molecule has 1 fully saturated rings. The number of carbonyl (C=O) groups is 1. The monoisotopic (exact) mass is 507 g/mol. The molecule has 0 bridgehead atoms. The van der Waals surface area contributed by atoms with E-state index >= 15 is 0 Å². The summed E-state index contributed by atoms with van der Waals surface area (Å²) < 4.78 is 17.0. The van der Waals surface area contributed by atoms with Gasteiger partial charge in [0.05, 0.1) is 26.0 Å². The van der Waals surface area contributed by atoms with Crippen molar-refractivity contribution in [2.75, 3.05) is 25.5 Å². The zero-order valence-electron chi connectivity index (χ0n) is 21.6. The van der Waals surface area contributed by atoms with Crippen molar-refractivity contribution in [1.29, 1.82) is 0 Å². The summed E-state index contributed by atoms with van der Waals surface area (Å²) in [4.78, 5) is 27.8. The van der Waals surface area contributed by atoms with Crippen molar-refractivity contribution in [1.82, 2.24) is 19.9 Å². The quantitative estimate of drug-likeness (QED) is 0.449. The number of rotatable bonds is 8. The topological polar surface area (TPSA) is 119 Å². The van der Waals surface area contributed by atoms with Crippen molar-refractivity contribution in [3.63, 3.8) is 0 Å². The summed E-state index contributed by atoms with van der Waals surface area (Å²) in [6.45, 7) is 6.60. The number of ether oxygens (including phenoxy) is 3. The molecule has 0 unspecified atom stereocenters. The average Bonchev–Trinajstić information content (AvgIpc) is 3.36. The Morgan fingerprint density at radius 2 is 1.92 bits per heavy atom. The number of nitrogens with one attached hydrogen (secondary N) is 1. The van der Waals surface area contributed by atoms with Crippen LogP contribution in [0.1, 0.15) is 39.2 Å². The van der Waals surface area contributed by atoms with Crippen LogP contribution in [0.3, 0.4) is 0 Å². The van der Waals surface area contributed by atoms with Gasteiger partial charge in [0.25, 0.3) is 0 Å². The number of likely N-dealkylation sites (tertiary alicyclic amines) is 1. The molecule has 0 spiro atoms. The van der Waals surface area contributed by atoms with E-state index in [1.165, 1.54) is 0 Å². The summed E-state index contributed by atoms with van der Waals surface area (Å²) in [7, 11) is 1.60. The number of hydrogen-bond acceptors (Lipinski definition) is 9. The van der Waals surface area contributed by atoms with Gasteiger partial charge in [-0.25, -0.2) is 9.78 Å². The molecule has 3 aromatic rings. The number of anilines is 1. The summed E-state index contributed by atoms with van der Waals surface area (Å²) in [5.74, 6) is 2.02. The van der Waals surface area contributed by atoms with Crippen LogP contribution in [0.2, 0.25) is 0 Å². The Bertz CT molecular complexity index is 1210. The maximum absolute atomic E-state index is 12.7. The SMILES string of the molecule is COc1ccc(Oc2nc(-c3cncc(CO)c3)ncc2NC[C@@H]2CCCN2C(=O)OC(C)(C)C)cc1. The maximum atomic E-state index is 12.7. The van der Waals surface area contributed by atoms with E-state index in [4.69, 9.17) is 14.2 Å². The second-order valence-electron chi connectivity index (χ2n) is 9.78. The van der Waals surface area contributed by atoms with Crippen molar-refractivity contribution in [2.24, 2.45) is 0 Å². The van der Waals surface area contributed by atoms with Crippen molar-refractivity contribution >= 4 is 11.8 Å². The molecule has 10 heteroatoms. The van der Waals surface area contributed by atoms with E-state index < -0.39 is 5.60 Å². The fraction of sp³-hybridized carbons (Fsp3) is 0.407. The minimum absolute atomic E-state index is 0.0335. The summed E-state index contributed by atoms with van der Waals surface area (Å²) in [6, 6.07) is 8.93. The number of aliphatic hydroxyl groups excluding tert-OH is 1. The molecule has 1 aliphatic heterocycles. The van der Waals surface area contributed by atoms with Gasteiger partial charge >= 0.3 is 6.09 Å². The first-order valence-electron chi connectivity index (χ1n) is 12.2. The van der Waals surface area contributed by atoms with Gasteiger partial charge in [-0.1, -0.05) is 0 Å². The molecule has 10 nitrogen and oxygen atoms in total. The summed E-state index contributed by atoms with van der Waals surface area (Å²) >= 11 is 0. The Kier molecular flexibility index (Phi) is 8.08. The second kappa shape index (κ2) is 11.4. The van der Waals surface area contributed by atoms with E-state index in [-0.39, 0.29) is 18.7 Å². The largest absolute Gasteiger partial charge is 0.497 e. The van der Waals surface area contributed by atoms with Crippen molar-refractivity contribution in [2.45, 2.75) is 51.9 Å². The van der Waals surface area contributed by atoms with Gasteiger partial charge in [-0.3, -0.25) is 4.98 Å². The molecule has 4 rings (SSSR count). The third-order valence-corrected chi connectivity index (χ3v) is 5.80. The van der Waals surface area contributed by atoms with Crippen molar-refractivity contribution in [3.8, 4) is 28.8 Å². The molecule has 1 aliphatic rings. The number of pyridine rings is 1. The molecule has 196 valence electrons. The molecular weight excluding hydrogens is 474 g/mol. The molecular formula is C27H33N5O5. The Hall–Kier alpha value is -3.92. The van der Waals surface area contributed by atoms with Gasteiger partial charge in [0, 0.05) is 31.0 Å². The first-order chi connectivity index (χ1) is 17.8. The third kappa shape index (κ3) is 6.85. The predicted molar refractivity (Wildman–Crippen MR) is 139 cm³/mol. The molecule has 1 amide bonds. The smallest absolute Gasteiger partial charge is 0.410 e. The fourth-order valence-electron chi connectivity index (χ4n) is 3.99. The molecule has 37 heavy (non-hydrogen) atoms. The average molecular weight is 508 g/mol. The van der Waals surface area contributed by atoms with Crippen LogP contribution in [0.25, 0.3) is 11.4 Å². The molecule has 1 saturated heterocycles. The number of benzene rings is 1. The van der Waals surface area contributed by atoms with Crippen LogP contribution in [-0.2, 0) is 11.3 Å². The van der Waals surface area contributed by atoms with Crippen molar-refractivity contribution in [3.05, 3.63) is 54.5 Å². The lowest BCUT2D eigenvalue weighted by Gasteiger charge is -2.29. The Morgan fingerprint density at radius 3 is 2.62 bits per heavy atom. The van der Waals surface area contributed by atoms with Gasteiger partial charge in [0.1, 0.15) is 22.8 Å². The Balaban J connectivity index is 1.57. The lowest BCUT2D eigenvalue weighted by atomic mass is 10.2. The summed E-state index contributed by atoms with van der Waals surface area (Å²) in [6.07, 6.45) is 6.33. The minimum Gasteiger partial charge on any atom is -0.497 e. The van der Waals surface area contributed by atoms with E-state index in [1.807, 2.05) is 20.8 Å². The number of methoxy groups -OCH3 is 1. The number of nitrogens with zero attached hydrogens (tertiary/aromatic N) is 4. The van der Waals surface area contributed by atoms with Gasteiger partial charge in [0.15, 0.2) is 5.82 Å². The van der Waals surface area contributed by atoms with Gasteiger partial charge in [-0.15, -0.1) is 0 Å². The minimum atomic E-state index is -0.553. The van der Waals surface area contributed by atoms with E-state index in [0.29, 0.717) is 53.1 Å².